The highest BCUT2D eigenvalue weighted by molar-refractivity contribution is 5.78. The Kier molecular flexibility index (Phi) is 3.90. The van der Waals surface area contributed by atoms with Crippen molar-refractivity contribution in [2.75, 3.05) is 20.2 Å². The lowest BCUT2D eigenvalue weighted by molar-refractivity contribution is -0.954. The Labute approximate surface area is 142 Å². The van der Waals surface area contributed by atoms with Crippen LogP contribution >= 0.6 is 0 Å². The van der Waals surface area contributed by atoms with Crippen LogP contribution in [0.5, 0.6) is 0 Å². The van der Waals surface area contributed by atoms with E-state index < -0.39 is 5.92 Å². The molecule has 5 nitrogen and oxygen atoms in total. The van der Waals surface area contributed by atoms with Gasteiger partial charge in [0.1, 0.15) is 36.3 Å². The number of ether oxygens (including phenoxy) is 2. The molecule has 7 atom stereocenters. The molecule has 3 heterocycles. The molecule has 1 aromatic rings. The van der Waals surface area contributed by atoms with Crippen LogP contribution in [0.1, 0.15) is 31.2 Å². The van der Waals surface area contributed by atoms with Crippen molar-refractivity contribution < 1.29 is 23.9 Å². The van der Waals surface area contributed by atoms with Crippen molar-refractivity contribution >= 4 is 5.97 Å². The first kappa shape index (κ1) is 16.1. The van der Waals surface area contributed by atoms with Crippen LogP contribution in [0, 0.1) is 0 Å². The van der Waals surface area contributed by atoms with Gasteiger partial charge in [-0.25, -0.2) is 0 Å². The molecule has 0 aliphatic carbocycles. The molecule has 24 heavy (non-hydrogen) atoms. The first-order valence-corrected chi connectivity index (χ1v) is 8.95. The number of nitrogens with zero attached hydrogens (tertiary/aromatic N) is 1. The summed E-state index contributed by atoms with van der Waals surface area (Å²) in [6.45, 7) is 3.10. The predicted octanol–water partition coefficient (Wildman–Crippen LogP) is 1.45. The summed E-state index contributed by atoms with van der Waals surface area (Å²) in [4.78, 5) is 12.6. The summed E-state index contributed by atoms with van der Waals surface area (Å²) < 4.78 is 12.7. The lowest BCUT2D eigenvalue weighted by Crippen LogP contribution is -2.62. The zero-order chi connectivity index (χ0) is 16.9. The number of benzene rings is 1. The molecule has 3 fully saturated rings. The summed E-state index contributed by atoms with van der Waals surface area (Å²) in [5.41, 5.74) is 0.809. The van der Waals surface area contributed by atoms with E-state index in [0.29, 0.717) is 24.3 Å². The van der Waals surface area contributed by atoms with Crippen LogP contribution in [0.4, 0.5) is 0 Å². The van der Waals surface area contributed by atoms with Gasteiger partial charge >= 0.3 is 5.97 Å². The molecule has 3 aliphatic rings. The van der Waals surface area contributed by atoms with Crippen molar-refractivity contribution in [1.29, 1.82) is 0 Å². The number of carbonyl (C=O) groups excluding carboxylic acids is 1. The Bertz CT molecular complexity index is 601. The van der Waals surface area contributed by atoms with E-state index in [0.717, 1.165) is 29.4 Å². The third-order valence-corrected chi connectivity index (χ3v) is 6.48. The Balaban J connectivity index is 1.44. The Morgan fingerprint density at radius 2 is 1.92 bits per heavy atom. The van der Waals surface area contributed by atoms with Gasteiger partial charge in [-0.3, -0.25) is 4.79 Å². The number of carbonyl (C=O) groups is 1. The number of aliphatic hydroxyl groups excluding tert-OH is 1. The van der Waals surface area contributed by atoms with Gasteiger partial charge in [-0.2, -0.15) is 0 Å². The maximum Gasteiger partial charge on any atom is 0.316 e. The average molecular weight is 332 g/mol. The van der Waals surface area contributed by atoms with Crippen molar-refractivity contribution in [3.05, 3.63) is 35.9 Å². The Hall–Kier alpha value is -1.43. The highest BCUT2D eigenvalue weighted by Crippen LogP contribution is 2.52. The number of aliphatic hydroxyl groups is 1. The van der Waals surface area contributed by atoms with Crippen LogP contribution in [0.25, 0.3) is 0 Å². The van der Waals surface area contributed by atoms with Gasteiger partial charge in [0.05, 0.1) is 20.2 Å². The minimum Gasteiger partial charge on any atom is -0.461 e. The smallest absolute Gasteiger partial charge is 0.316 e. The predicted molar refractivity (Wildman–Crippen MR) is 88.3 cm³/mol. The molecule has 0 radical (unpaired) electrons. The van der Waals surface area contributed by atoms with E-state index in [4.69, 9.17) is 9.47 Å². The van der Waals surface area contributed by atoms with Crippen LogP contribution < -0.4 is 0 Å². The number of hydrogen-bond donors (Lipinski definition) is 1. The third-order valence-electron chi connectivity index (χ3n) is 6.48. The normalized spacial score (nSPS) is 40.7. The average Bonchev–Trinajstić information content (AvgIpc) is 3.35. The highest BCUT2D eigenvalue weighted by atomic mass is 16.6. The number of fused-ring (bicyclic) bond motifs is 5. The van der Waals surface area contributed by atoms with E-state index in [1.165, 1.54) is 0 Å². The number of rotatable bonds is 5. The van der Waals surface area contributed by atoms with E-state index in [-0.39, 0.29) is 18.7 Å². The second-order valence-corrected chi connectivity index (χ2v) is 7.54. The first-order chi connectivity index (χ1) is 11.6. The summed E-state index contributed by atoms with van der Waals surface area (Å²) >= 11 is 0. The molecule has 2 bridgehead atoms. The topological polar surface area (TPSA) is 59.1 Å². The quantitative estimate of drug-likeness (QED) is 0.504. The Morgan fingerprint density at radius 1 is 1.29 bits per heavy atom. The molecular weight excluding hydrogens is 306 g/mol. The van der Waals surface area contributed by atoms with Gasteiger partial charge in [-0.1, -0.05) is 30.3 Å². The fourth-order valence-corrected chi connectivity index (χ4v) is 4.87. The molecule has 4 unspecified atom stereocenters. The third kappa shape index (κ3) is 2.38. The van der Waals surface area contributed by atoms with Gasteiger partial charge in [0.2, 0.25) is 0 Å². The summed E-state index contributed by atoms with van der Waals surface area (Å²) in [6, 6.07) is 10.2. The second kappa shape index (κ2) is 5.83. The molecule has 0 aromatic heterocycles. The number of likely N-dealkylation sites (N-methyl/N-ethyl adjacent to an activating group) is 1. The number of esters is 1. The van der Waals surface area contributed by atoms with Crippen molar-refractivity contribution in [3.8, 4) is 0 Å². The van der Waals surface area contributed by atoms with Crippen LogP contribution in [0.3, 0.4) is 0 Å². The molecule has 3 saturated heterocycles. The van der Waals surface area contributed by atoms with E-state index in [2.05, 4.69) is 14.0 Å². The van der Waals surface area contributed by atoms with Crippen LogP contribution in [-0.2, 0) is 14.3 Å². The molecule has 0 amide bonds. The Morgan fingerprint density at radius 3 is 2.46 bits per heavy atom. The number of piperidine rings is 1. The highest BCUT2D eigenvalue weighted by Gasteiger charge is 2.71. The molecule has 5 heteroatoms. The summed E-state index contributed by atoms with van der Waals surface area (Å²) in [6.07, 6.45) is 2.37. The molecule has 4 rings (SSSR count). The molecule has 1 aromatic carbocycles. The van der Waals surface area contributed by atoms with Gasteiger partial charge < -0.3 is 19.1 Å². The lowest BCUT2D eigenvalue weighted by atomic mass is 9.95. The SMILES string of the molecule is CC[N+]1(C)C2CC(OC(=O)[C@H](CO)c3ccccc3)C[C@H]1[C@H]1OC21. The fraction of sp³-hybridized carbons (Fsp3) is 0.632. The van der Waals surface area contributed by atoms with Gasteiger partial charge in [0.15, 0.2) is 0 Å². The van der Waals surface area contributed by atoms with Crippen molar-refractivity contribution in [2.45, 2.75) is 56.1 Å². The monoisotopic (exact) mass is 332 g/mol. The number of morpholine rings is 1. The van der Waals surface area contributed by atoms with E-state index >= 15 is 0 Å². The second-order valence-electron chi connectivity index (χ2n) is 7.54. The number of quaternary nitrogens is 1. The number of epoxide rings is 1. The largest absolute Gasteiger partial charge is 0.461 e. The summed E-state index contributed by atoms with van der Waals surface area (Å²) in [5.74, 6) is -0.904. The van der Waals surface area contributed by atoms with Crippen molar-refractivity contribution in [3.63, 3.8) is 0 Å². The maximum absolute atomic E-state index is 12.6. The molecule has 1 N–H and O–H groups in total. The van der Waals surface area contributed by atoms with Gasteiger partial charge in [0, 0.05) is 12.8 Å². The van der Waals surface area contributed by atoms with E-state index in [1.807, 2.05) is 30.3 Å². The molecule has 0 saturated carbocycles. The summed E-state index contributed by atoms with van der Waals surface area (Å²) in [5, 5.41) is 9.64. The van der Waals surface area contributed by atoms with Gasteiger partial charge in [0.25, 0.3) is 0 Å². The van der Waals surface area contributed by atoms with Crippen molar-refractivity contribution in [2.24, 2.45) is 0 Å². The van der Waals surface area contributed by atoms with Crippen LogP contribution in [0.2, 0.25) is 0 Å². The molecule has 0 spiro atoms. The minimum absolute atomic E-state index is 0.0561. The van der Waals surface area contributed by atoms with Crippen LogP contribution in [0.15, 0.2) is 30.3 Å². The fourth-order valence-electron chi connectivity index (χ4n) is 4.87. The minimum atomic E-state index is -0.594. The molecular formula is C19H26NO4+. The zero-order valence-electron chi connectivity index (χ0n) is 14.3. The van der Waals surface area contributed by atoms with Crippen molar-refractivity contribution in [1.82, 2.24) is 0 Å². The standard InChI is InChI=1S/C19H26NO4/c1-3-20(2)15-9-13(10-16(20)18-17(15)24-18)23-19(22)14(11-21)12-7-5-4-6-8-12/h4-8,13-18,21H,3,9-11H2,1-2H3/q+1/t13?,14-,15+,16?,17-,18?,20?/m1/s1. The lowest BCUT2D eigenvalue weighted by Gasteiger charge is -2.47. The molecule has 130 valence electrons. The van der Waals surface area contributed by atoms with E-state index in [9.17, 15) is 9.90 Å². The van der Waals surface area contributed by atoms with Gasteiger partial charge in [-0.05, 0) is 12.5 Å². The zero-order valence-corrected chi connectivity index (χ0v) is 14.3. The number of hydrogen-bond acceptors (Lipinski definition) is 4. The molecule has 3 aliphatic heterocycles. The van der Waals surface area contributed by atoms with Crippen LogP contribution in [-0.4, -0.2) is 66.2 Å². The maximum atomic E-state index is 12.6. The summed E-state index contributed by atoms with van der Waals surface area (Å²) in [7, 11) is 2.31. The first-order valence-electron chi connectivity index (χ1n) is 8.95. The van der Waals surface area contributed by atoms with E-state index in [1.54, 1.807) is 0 Å². The van der Waals surface area contributed by atoms with Gasteiger partial charge in [-0.15, -0.1) is 0 Å².